The molecule has 1 fully saturated rings. The maximum Gasteiger partial charge on any atom is 0.123 e. The molecular formula is C18H20ClFN2. The summed E-state index contributed by atoms with van der Waals surface area (Å²) in [4.78, 5) is 2.34. The molecule has 116 valence electrons. The molecule has 0 bridgehead atoms. The monoisotopic (exact) mass is 318 g/mol. The Morgan fingerprint density at radius 1 is 1.14 bits per heavy atom. The van der Waals surface area contributed by atoms with Gasteiger partial charge in [0, 0.05) is 30.7 Å². The fourth-order valence-electron chi connectivity index (χ4n) is 3.21. The van der Waals surface area contributed by atoms with Crippen LogP contribution in [0.3, 0.4) is 0 Å². The first-order valence-electron chi connectivity index (χ1n) is 7.58. The van der Waals surface area contributed by atoms with Crippen molar-refractivity contribution in [1.82, 2.24) is 4.90 Å². The second kappa shape index (κ2) is 6.78. The summed E-state index contributed by atoms with van der Waals surface area (Å²) in [5, 5.41) is 0.765. The summed E-state index contributed by atoms with van der Waals surface area (Å²) in [5.74, 6) is 0.193. The molecule has 0 aromatic heterocycles. The number of hydrogen-bond acceptors (Lipinski definition) is 2. The van der Waals surface area contributed by atoms with Crippen molar-refractivity contribution >= 4 is 11.6 Å². The Hall–Kier alpha value is -1.42. The highest BCUT2D eigenvalue weighted by Gasteiger charge is 2.26. The van der Waals surface area contributed by atoms with Gasteiger partial charge in [-0.2, -0.15) is 0 Å². The highest BCUT2D eigenvalue weighted by Crippen LogP contribution is 2.28. The minimum atomic E-state index is -0.198. The molecule has 2 unspecified atom stereocenters. The van der Waals surface area contributed by atoms with E-state index in [2.05, 4.69) is 11.0 Å². The molecule has 2 N–H and O–H groups in total. The third kappa shape index (κ3) is 3.86. The van der Waals surface area contributed by atoms with Gasteiger partial charge in [0.1, 0.15) is 5.82 Å². The van der Waals surface area contributed by atoms with E-state index in [1.54, 1.807) is 0 Å². The normalized spacial score (nSPS) is 22.7. The molecule has 0 aliphatic carbocycles. The molecule has 3 rings (SSSR count). The van der Waals surface area contributed by atoms with Crippen molar-refractivity contribution in [3.05, 3.63) is 70.5 Å². The highest BCUT2D eigenvalue weighted by molar-refractivity contribution is 6.30. The molecule has 1 aliphatic heterocycles. The van der Waals surface area contributed by atoms with E-state index < -0.39 is 0 Å². The number of benzene rings is 2. The zero-order chi connectivity index (χ0) is 15.5. The summed E-state index contributed by atoms with van der Waals surface area (Å²) in [7, 11) is 0. The van der Waals surface area contributed by atoms with Gasteiger partial charge < -0.3 is 5.73 Å². The number of nitrogens with zero attached hydrogens (tertiary/aromatic N) is 1. The summed E-state index contributed by atoms with van der Waals surface area (Å²) in [6.07, 6.45) is 0.972. The van der Waals surface area contributed by atoms with Crippen molar-refractivity contribution in [2.75, 3.05) is 13.1 Å². The van der Waals surface area contributed by atoms with Gasteiger partial charge in [0.05, 0.1) is 0 Å². The average Bonchev–Trinajstić information content (AvgIpc) is 2.49. The van der Waals surface area contributed by atoms with Gasteiger partial charge in [-0.3, -0.25) is 4.90 Å². The molecule has 2 aromatic carbocycles. The van der Waals surface area contributed by atoms with Crippen molar-refractivity contribution in [2.24, 2.45) is 5.73 Å². The molecule has 22 heavy (non-hydrogen) atoms. The van der Waals surface area contributed by atoms with Crippen LogP contribution >= 0.6 is 11.6 Å². The van der Waals surface area contributed by atoms with Crippen LogP contribution in [0.25, 0.3) is 0 Å². The molecule has 2 nitrogen and oxygen atoms in total. The maximum absolute atomic E-state index is 13.0. The van der Waals surface area contributed by atoms with Crippen molar-refractivity contribution in [3.63, 3.8) is 0 Å². The van der Waals surface area contributed by atoms with Gasteiger partial charge in [-0.15, -0.1) is 0 Å². The second-order valence-electron chi connectivity index (χ2n) is 6.07. The van der Waals surface area contributed by atoms with Crippen molar-refractivity contribution in [3.8, 4) is 0 Å². The van der Waals surface area contributed by atoms with E-state index in [9.17, 15) is 4.39 Å². The Bertz CT molecular complexity index is 629. The summed E-state index contributed by atoms with van der Waals surface area (Å²) in [6.45, 7) is 2.62. The van der Waals surface area contributed by atoms with E-state index in [1.807, 2.05) is 30.3 Å². The standard InChI is InChI=1S/C18H20ClFN2/c19-16-3-1-2-14(8-16)15-9-18(21)12-22(11-15)10-13-4-6-17(20)7-5-13/h1-8,15,18H,9-12,21H2. The number of likely N-dealkylation sites (tertiary alicyclic amines) is 1. The zero-order valence-electron chi connectivity index (χ0n) is 12.4. The Balaban J connectivity index is 1.72. The van der Waals surface area contributed by atoms with Crippen LogP contribution < -0.4 is 5.73 Å². The van der Waals surface area contributed by atoms with Crippen LogP contribution in [0.15, 0.2) is 48.5 Å². The molecule has 2 atom stereocenters. The third-order valence-corrected chi connectivity index (χ3v) is 4.43. The molecular weight excluding hydrogens is 299 g/mol. The lowest BCUT2D eigenvalue weighted by atomic mass is 9.88. The summed E-state index contributed by atoms with van der Waals surface area (Å²) in [5.41, 5.74) is 8.59. The van der Waals surface area contributed by atoms with E-state index in [-0.39, 0.29) is 11.9 Å². The van der Waals surface area contributed by atoms with E-state index in [1.165, 1.54) is 17.7 Å². The SMILES string of the molecule is NC1CC(c2cccc(Cl)c2)CN(Cc2ccc(F)cc2)C1. The highest BCUT2D eigenvalue weighted by atomic mass is 35.5. The smallest absolute Gasteiger partial charge is 0.123 e. The first kappa shape index (κ1) is 15.5. The van der Waals surface area contributed by atoms with Gasteiger partial charge in [0.15, 0.2) is 0 Å². The molecule has 0 radical (unpaired) electrons. The Labute approximate surface area is 135 Å². The molecule has 0 saturated carbocycles. The fourth-order valence-corrected chi connectivity index (χ4v) is 3.41. The number of hydrogen-bond donors (Lipinski definition) is 1. The third-order valence-electron chi connectivity index (χ3n) is 4.20. The van der Waals surface area contributed by atoms with Crippen LogP contribution in [-0.2, 0) is 6.54 Å². The Morgan fingerprint density at radius 2 is 1.91 bits per heavy atom. The van der Waals surface area contributed by atoms with Crippen molar-refractivity contribution in [2.45, 2.75) is 24.9 Å². The summed E-state index contributed by atoms with van der Waals surface area (Å²) in [6, 6.07) is 14.9. The van der Waals surface area contributed by atoms with Crippen molar-refractivity contribution in [1.29, 1.82) is 0 Å². The fraction of sp³-hybridized carbons (Fsp3) is 0.333. The van der Waals surface area contributed by atoms with Crippen LogP contribution in [-0.4, -0.2) is 24.0 Å². The van der Waals surface area contributed by atoms with E-state index in [0.717, 1.165) is 36.6 Å². The minimum absolute atomic E-state index is 0.151. The van der Waals surface area contributed by atoms with E-state index in [0.29, 0.717) is 5.92 Å². The van der Waals surface area contributed by atoms with Gasteiger partial charge in [0.2, 0.25) is 0 Å². The van der Waals surface area contributed by atoms with Crippen LogP contribution in [0.4, 0.5) is 4.39 Å². The number of piperidine rings is 1. The molecule has 1 heterocycles. The van der Waals surface area contributed by atoms with Crippen molar-refractivity contribution < 1.29 is 4.39 Å². The quantitative estimate of drug-likeness (QED) is 0.932. The predicted octanol–water partition coefficient (Wildman–Crippen LogP) is 3.80. The topological polar surface area (TPSA) is 29.3 Å². The largest absolute Gasteiger partial charge is 0.327 e. The first-order chi connectivity index (χ1) is 10.6. The second-order valence-corrected chi connectivity index (χ2v) is 6.50. The minimum Gasteiger partial charge on any atom is -0.327 e. The van der Waals surface area contributed by atoms with Gasteiger partial charge >= 0.3 is 0 Å². The Kier molecular flexibility index (Phi) is 4.77. The van der Waals surface area contributed by atoms with Crippen LogP contribution in [0, 0.1) is 5.82 Å². The number of nitrogens with two attached hydrogens (primary N) is 1. The van der Waals surface area contributed by atoms with Gasteiger partial charge in [0.25, 0.3) is 0 Å². The molecule has 0 spiro atoms. The number of halogens is 2. The average molecular weight is 319 g/mol. The van der Waals surface area contributed by atoms with Crippen LogP contribution in [0.2, 0.25) is 5.02 Å². The molecule has 1 aliphatic rings. The first-order valence-corrected chi connectivity index (χ1v) is 7.96. The molecule has 0 amide bonds. The van der Waals surface area contributed by atoms with Gasteiger partial charge in [-0.25, -0.2) is 4.39 Å². The predicted molar refractivity (Wildman–Crippen MR) is 88.5 cm³/mol. The van der Waals surface area contributed by atoms with E-state index >= 15 is 0 Å². The lowest BCUT2D eigenvalue weighted by molar-refractivity contribution is 0.181. The van der Waals surface area contributed by atoms with Crippen LogP contribution in [0.5, 0.6) is 0 Å². The maximum atomic E-state index is 13.0. The van der Waals surface area contributed by atoms with Gasteiger partial charge in [-0.1, -0.05) is 35.9 Å². The van der Waals surface area contributed by atoms with Gasteiger partial charge in [-0.05, 0) is 47.7 Å². The molecule has 4 heteroatoms. The lowest BCUT2D eigenvalue weighted by Crippen LogP contribution is -2.45. The summed E-state index contributed by atoms with van der Waals surface area (Å²) >= 11 is 6.10. The van der Waals surface area contributed by atoms with Crippen LogP contribution in [0.1, 0.15) is 23.5 Å². The molecule has 1 saturated heterocycles. The van der Waals surface area contributed by atoms with E-state index in [4.69, 9.17) is 17.3 Å². The zero-order valence-corrected chi connectivity index (χ0v) is 13.1. The lowest BCUT2D eigenvalue weighted by Gasteiger charge is -2.36. The Morgan fingerprint density at radius 3 is 2.64 bits per heavy atom. The molecule has 2 aromatic rings. The summed E-state index contributed by atoms with van der Waals surface area (Å²) < 4.78 is 13.0. The number of rotatable bonds is 3.